The first kappa shape index (κ1) is 19.7. The van der Waals surface area contributed by atoms with Crippen molar-refractivity contribution in [3.05, 3.63) is 88.3 Å². The molecule has 0 spiro atoms. The third-order valence-electron chi connectivity index (χ3n) is 5.38. The number of aromatic nitrogens is 3. The van der Waals surface area contributed by atoms with Crippen LogP contribution in [0.5, 0.6) is 0 Å². The molecule has 31 heavy (non-hydrogen) atoms. The second-order valence-electron chi connectivity index (χ2n) is 7.42. The largest absolute Gasteiger partial charge is 0.306 e. The highest BCUT2D eigenvalue weighted by Crippen LogP contribution is 2.38. The van der Waals surface area contributed by atoms with Gasteiger partial charge in [-0.05, 0) is 54.2 Å². The molecular weight excluding hydrogens is 423 g/mol. The minimum absolute atomic E-state index is 0.183. The molecule has 156 valence electrons. The van der Waals surface area contributed by atoms with Gasteiger partial charge in [-0.1, -0.05) is 6.07 Å². The molecular formula is C23H16F3N3OS. The van der Waals surface area contributed by atoms with Gasteiger partial charge in [0.1, 0.15) is 5.82 Å². The van der Waals surface area contributed by atoms with Gasteiger partial charge in [0.2, 0.25) is 0 Å². The first-order valence-corrected chi connectivity index (χ1v) is 10.6. The van der Waals surface area contributed by atoms with Crippen molar-refractivity contribution in [2.75, 3.05) is 0 Å². The molecule has 2 aromatic carbocycles. The van der Waals surface area contributed by atoms with Gasteiger partial charge in [0.15, 0.2) is 22.4 Å². The molecule has 2 aromatic heterocycles. The summed E-state index contributed by atoms with van der Waals surface area (Å²) in [5.74, 6) is -3.82. The number of aryl methyl sites for hydroxylation is 2. The fraction of sp³-hybridized carbons (Fsp3) is 0.174. The number of nitrogens with zero attached hydrogens (tertiary/aromatic N) is 3. The quantitative estimate of drug-likeness (QED) is 0.319. The van der Waals surface area contributed by atoms with Crippen LogP contribution in [-0.2, 0) is 19.3 Å². The van der Waals surface area contributed by atoms with E-state index in [0.717, 1.165) is 47.2 Å². The molecule has 5 rings (SSSR count). The standard InChI is InChI=1S/C23H16F3N3OS/c24-17-11-19(26)18(25)8-14(17)9-21(30)23-28-20-3-1-2-13-4-5-15(29-7-6-27-12-29)10-16(13)22(20)31-23/h4-8,10-12H,1-3,9H2. The Bertz CT molecular complexity index is 1300. The summed E-state index contributed by atoms with van der Waals surface area (Å²) in [6.45, 7) is 0. The number of carbonyl (C=O) groups excluding carboxylic acids is 1. The number of carbonyl (C=O) groups is 1. The van der Waals surface area contributed by atoms with Crippen molar-refractivity contribution in [2.45, 2.75) is 25.7 Å². The van der Waals surface area contributed by atoms with Gasteiger partial charge < -0.3 is 4.57 Å². The molecule has 4 aromatic rings. The molecule has 0 unspecified atom stereocenters. The molecule has 4 nitrogen and oxygen atoms in total. The van der Waals surface area contributed by atoms with Crippen LogP contribution in [0.3, 0.4) is 0 Å². The molecule has 2 heterocycles. The first-order valence-electron chi connectivity index (χ1n) is 9.77. The van der Waals surface area contributed by atoms with E-state index in [-0.39, 0.29) is 17.0 Å². The summed E-state index contributed by atoms with van der Waals surface area (Å²) in [7, 11) is 0. The van der Waals surface area contributed by atoms with Gasteiger partial charge in [-0.25, -0.2) is 23.1 Å². The number of imidazole rings is 1. The van der Waals surface area contributed by atoms with Crippen molar-refractivity contribution >= 4 is 17.1 Å². The van der Waals surface area contributed by atoms with E-state index in [4.69, 9.17) is 0 Å². The van der Waals surface area contributed by atoms with Crippen molar-refractivity contribution < 1.29 is 18.0 Å². The molecule has 0 fully saturated rings. The molecule has 0 radical (unpaired) electrons. The monoisotopic (exact) mass is 439 g/mol. The van der Waals surface area contributed by atoms with Crippen LogP contribution < -0.4 is 0 Å². The third-order valence-corrected chi connectivity index (χ3v) is 6.55. The molecule has 0 bridgehead atoms. The fourth-order valence-electron chi connectivity index (χ4n) is 3.81. The lowest BCUT2D eigenvalue weighted by Gasteiger charge is -2.09. The number of benzene rings is 2. The summed E-state index contributed by atoms with van der Waals surface area (Å²) in [5.41, 5.74) is 3.80. The Hall–Kier alpha value is -3.26. The van der Waals surface area contributed by atoms with E-state index in [1.807, 2.05) is 16.8 Å². The van der Waals surface area contributed by atoms with E-state index in [2.05, 4.69) is 22.1 Å². The molecule has 8 heteroatoms. The van der Waals surface area contributed by atoms with Crippen LogP contribution in [0.15, 0.2) is 49.1 Å². The fourth-order valence-corrected chi connectivity index (χ4v) is 4.91. The van der Waals surface area contributed by atoms with E-state index in [0.29, 0.717) is 6.07 Å². The first-order chi connectivity index (χ1) is 15.0. The SMILES string of the molecule is O=C(Cc1cc(F)c(F)cc1F)c1nc2c(s1)-c1cc(-n3ccnc3)ccc1CCC2. The molecule has 1 aliphatic carbocycles. The molecule has 1 aliphatic rings. The molecule has 0 saturated carbocycles. The van der Waals surface area contributed by atoms with Gasteiger partial charge in [-0.2, -0.15) is 0 Å². The Labute approximate surface area is 180 Å². The second kappa shape index (κ2) is 7.77. The van der Waals surface area contributed by atoms with Crippen LogP contribution in [0.1, 0.15) is 33.0 Å². The van der Waals surface area contributed by atoms with E-state index in [1.165, 1.54) is 16.9 Å². The number of thiazole rings is 1. The molecule has 0 N–H and O–H groups in total. The number of halogens is 3. The maximum absolute atomic E-state index is 14.0. The highest BCUT2D eigenvalue weighted by Gasteiger charge is 2.23. The predicted octanol–water partition coefficient (Wildman–Crippen LogP) is 5.33. The summed E-state index contributed by atoms with van der Waals surface area (Å²) >= 11 is 1.26. The lowest BCUT2D eigenvalue weighted by molar-refractivity contribution is 0.0991. The smallest absolute Gasteiger partial charge is 0.195 e. The van der Waals surface area contributed by atoms with Gasteiger partial charge in [0.25, 0.3) is 0 Å². The van der Waals surface area contributed by atoms with Gasteiger partial charge in [0.05, 0.1) is 16.9 Å². The van der Waals surface area contributed by atoms with Gasteiger partial charge in [-0.15, -0.1) is 11.3 Å². The molecule has 0 aliphatic heterocycles. The van der Waals surface area contributed by atoms with E-state index in [9.17, 15) is 18.0 Å². The van der Waals surface area contributed by atoms with Gasteiger partial charge >= 0.3 is 0 Å². The van der Waals surface area contributed by atoms with Crippen molar-refractivity contribution in [1.82, 2.24) is 14.5 Å². The summed E-state index contributed by atoms with van der Waals surface area (Å²) in [6.07, 6.45) is 7.45. The second-order valence-corrected chi connectivity index (χ2v) is 8.42. The number of Topliss-reactive ketones (excluding diaryl/α,β-unsaturated/α-hetero) is 1. The van der Waals surface area contributed by atoms with E-state index in [1.54, 1.807) is 12.5 Å². The summed E-state index contributed by atoms with van der Waals surface area (Å²) in [5, 5.41) is 0.245. The Balaban J connectivity index is 1.51. The Morgan fingerprint density at radius 1 is 1.06 bits per heavy atom. The van der Waals surface area contributed by atoms with Crippen LogP contribution in [0, 0.1) is 17.5 Å². The summed E-state index contributed by atoms with van der Waals surface area (Å²) in [6, 6.07) is 7.36. The maximum Gasteiger partial charge on any atom is 0.195 e. The number of hydrogen-bond acceptors (Lipinski definition) is 4. The zero-order chi connectivity index (χ0) is 21.5. The lowest BCUT2D eigenvalue weighted by Crippen LogP contribution is -2.06. The average molecular weight is 439 g/mol. The van der Waals surface area contributed by atoms with Gasteiger partial charge in [-0.3, -0.25) is 4.79 Å². The predicted molar refractivity (Wildman–Crippen MR) is 111 cm³/mol. The average Bonchev–Trinajstić information content (AvgIpc) is 3.40. The Kier molecular flexibility index (Phi) is 4.94. The zero-order valence-electron chi connectivity index (χ0n) is 16.2. The number of ketones is 1. The van der Waals surface area contributed by atoms with Crippen LogP contribution >= 0.6 is 11.3 Å². The van der Waals surface area contributed by atoms with Crippen molar-refractivity contribution in [1.29, 1.82) is 0 Å². The molecule has 0 atom stereocenters. The van der Waals surface area contributed by atoms with Crippen molar-refractivity contribution in [2.24, 2.45) is 0 Å². The highest BCUT2D eigenvalue weighted by atomic mass is 32.1. The maximum atomic E-state index is 14.0. The number of rotatable bonds is 4. The third kappa shape index (κ3) is 3.67. The van der Waals surface area contributed by atoms with Crippen LogP contribution in [0.4, 0.5) is 13.2 Å². The van der Waals surface area contributed by atoms with E-state index >= 15 is 0 Å². The van der Waals surface area contributed by atoms with Crippen molar-refractivity contribution in [3.63, 3.8) is 0 Å². The number of fused-ring (bicyclic) bond motifs is 3. The Morgan fingerprint density at radius 2 is 1.90 bits per heavy atom. The zero-order valence-corrected chi connectivity index (χ0v) is 17.1. The van der Waals surface area contributed by atoms with Crippen molar-refractivity contribution in [3.8, 4) is 16.1 Å². The minimum atomic E-state index is -1.28. The minimum Gasteiger partial charge on any atom is -0.306 e. The Morgan fingerprint density at radius 3 is 2.71 bits per heavy atom. The summed E-state index contributed by atoms with van der Waals surface area (Å²) in [4.78, 5) is 22.3. The lowest BCUT2D eigenvalue weighted by atomic mass is 10.0. The topological polar surface area (TPSA) is 47.8 Å². The molecule has 0 saturated heterocycles. The molecule has 0 amide bonds. The van der Waals surface area contributed by atoms with Crippen LogP contribution in [-0.4, -0.2) is 20.3 Å². The highest BCUT2D eigenvalue weighted by molar-refractivity contribution is 7.17. The number of hydrogen-bond donors (Lipinski definition) is 0. The summed E-state index contributed by atoms with van der Waals surface area (Å²) < 4.78 is 42.5. The normalized spacial score (nSPS) is 12.9. The van der Waals surface area contributed by atoms with Crippen LogP contribution in [0.25, 0.3) is 16.1 Å². The van der Waals surface area contributed by atoms with Gasteiger partial charge in [0, 0.05) is 30.6 Å². The van der Waals surface area contributed by atoms with E-state index < -0.39 is 23.2 Å². The van der Waals surface area contributed by atoms with Crippen LogP contribution in [0.2, 0.25) is 0 Å².